The van der Waals surface area contributed by atoms with Crippen LogP contribution in [-0.4, -0.2) is 93.6 Å². The first-order chi connectivity index (χ1) is 15.7. The van der Waals surface area contributed by atoms with E-state index < -0.39 is 8.32 Å². The van der Waals surface area contributed by atoms with Crippen LogP contribution in [0.3, 0.4) is 0 Å². The first-order valence-electron chi connectivity index (χ1n) is 12.4. The minimum absolute atomic E-state index is 0.149. The summed E-state index contributed by atoms with van der Waals surface area (Å²) >= 11 is 0. The van der Waals surface area contributed by atoms with Crippen molar-refractivity contribution in [3.63, 3.8) is 0 Å². The monoisotopic (exact) mass is 494 g/mol. The molecule has 0 atom stereocenters. The average Bonchev–Trinajstić information content (AvgIpc) is 2.74. The Bertz CT molecular complexity index is 454. The molecule has 0 bridgehead atoms. The smallest absolute Gasteiger partial charge is 0.305 e. The summed E-state index contributed by atoms with van der Waals surface area (Å²) in [6.45, 7) is 19.3. The molecule has 9 heteroatoms. The van der Waals surface area contributed by atoms with Crippen molar-refractivity contribution in [3.05, 3.63) is 0 Å². The van der Waals surface area contributed by atoms with Crippen LogP contribution < -0.4 is 0 Å². The van der Waals surface area contributed by atoms with E-state index in [-0.39, 0.29) is 11.0 Å². The minimum atomic E-state index is -1.69. The third kappa shape index (κ3) is 20.5. The number of hydrogen-bond acceptors (Lipinski definition) is 8. The summed E-state index contributed by atoms with van der Waals surface area (Å²) in [6, 6.07) is 0. The van der Waals surface area contributed by atoms with E-state index in [9.17, 15) is 4.79 Å². The molecular weight excluding hydrogens is 444 g/mol. The number of carbonyl (C=O) groups is 1. The molecule has 0 unspecified atom stereocenters. The van der Waals surface area contributed by atoms with Crippen molar-refractivity contribution in [2.75, 3.05) is 79.3 Å². The summed E-state index contributed by atoms with van der Waals surface area (Å²) in [6.07, 6.45) is 3.53. The SMILES string of the molecule is CCCCCC(=O)OCCOCCOCCOCCOCCOCCO[Si](C)(C)C(C)(C)C. The van der Waals surface area contributed by atoms with Gasteiger partial charge in [0, 0.05) is 6.42 Å². The van der Waals surface area contributed by atoms with Gasteiger partial charge in [-0.3, -0.25) is 4.79 Å². The molecule has 0 aliphatic carbocycles. The summed E-state index contributed by atoms with van der Waals surface area (Å²) in [4.78, 5) is 11.4. The van der Waals surface area contributed by atoms with Crippen molar-refractivity contribution in [2.45, 2.75) is 71.5 Å². The molecule has 0 N–H and O–H groups in total. The molecule has 0 spiro atoms. The summed E-state index contributed by atoms with van der Waals surface area (Å²) in [7, 11) is -1.69. The van der Waals surface area contributed by atoms with Gasteiger partial charge >= 0.3 is 5.97 Å². The lowest BCUT2D eigenvalue weighted by Gasteiger charge is -2.36. The van der Waals surface area contributed by atoms with Crippen LogP contribution in [0.2, 0.25) is 18.1 Å². The van der Waals surface area contributed by atoms with Gasteiger partial charge in [0.15, 0.2) is 8.32 Å². The molecule has 198 valence electrons. The van der Waals surface area contributed by atoms with Crippen molar-refractivity contribution < 1.29 is 37.6 Å². The van der Waals surface area contributed by atoms with E-state index in [0.717, 1.165) is 19.3 Å². The van der Waals surface area contributed by atoms with Crippen molar-refractivity contribution in [1.29, 1.82) is 0 Å². The Morgan fingerprint density at radius 2 is 1.03 bits per heavy atom. The number of hydrogen-bond donors (Lipinski definition) is 0. The lowest BCUT2D eigenvalue weighted by molar-refractivity contribution is -0.145. The number of unbranched alkanes of at least 4 members (excludes halogenated alkanes) is 2. The normalized spacial score (nSPS) is 12.3. The Morgan fingerprint density at radius 1 is 0.636 bits per heavy atom. The van der Waals surface area contributed by atoms with E-state index in [1.165, 1.54) is 0 Å². The van der Waals surface area contributed by atoms with Crippen LogP contribution in [0.5, 0.6) is 0 Å². The fraction of sp³-hybridized carbons (Fsp3) is 0.958. The Labute approximate surface area is 203 Å². The molecule has 0 saturated heterocycles. The molecular formula is C24H50O8Si. The van der Waals surface area contributed by atoms with Crippen LogP contribution in [0.1, 0.15) is 53.4 Å². The molecule has 0 aromatic carbocycles. The van der Waals surface area contributed by atoms with Crippen LogP contribution >= 0.6 is 0 Å². The lowest BCUT2D eigenvalue weighted by atomic mass is 10.2. The predicted octanol–water partition coefficient (Wildman–Crippen LogP) is 4.21. The number of rotatable bonds is 23. The van der Waals surface area contributed by atoms with Gasteiger partial charge in [0.1, 0.15) is 6.61 Å². The first-order valence-corrected chi connectivity index (χ1v) is 15.3. The van der Waals surface area contributed by atoms with Crippen molar-refractivity contribution in [2.24, 2.45) is 0 Å². The van der Waals surface area contributed by atoms with E-state index in [2.05, 4.69) is 40.8 Å². The molecule has 0 aromatic heterocycles. The summed E-state index contributed by atoms with van der Waals surface area (Å²) < 4.78 is 38.4. The highest BCUT2D eigenvalue weighted by Crippen LogP contribution is 2.36. The van der Waals surface area contributed by atoms with E-state index >= 15 is 0 Å². The van der Waals surface area contributed by atoms with Gasteiger partial charge in [0.2, 0.25) is 0 Å². The highest BCUT2D eigenvalue weighted by Gasteiger charge is 2.36. The van der Waals surface area contributed by atoms with Gasteiger partial charge in [-0.25, -0.2) is 0 Å². The van der Waals surface area contributed by atoms with E-state index in [4.69, 9.17) is 32.8 Å². The molecule has 0 saturated carbocycles. The van der Waals surface area contributed by atoms with Gasteiger partial charge in [-0.2, -0.15) is 0 Å². The fourth-order valence-electron chi connectivity index (χ4n) is 2.36. The highest BCUT2D eigenvalue weighted by molar-refractivity contribution is 6.74. The van der Waals surface area contributed by atoms with Crippen molar-refractivity contribution in [3.8, 4) is 0 Å². The molecule has 8 nitrogen and oxygen atoms in total. The molecule has 0 rings (SSSR count). The van der Waals surface area contributed by atoms with E-state index in [0.29, 0.717) is 85.7 Å². The molecule has 0 aliphatic heterocycles. The van der Waals surface area contributed by atoms with Crippen LogP contribution in [0.15, 0.2) is 0 Å². The standard InChI is InChI=1S/C24H50O8Si/c1-7-8-9-10-23(25)31-21-19-29-17-15-27-13-11-26-12-14-28-16-18-30-20-22-32-33(5,6)24(2,3)4/h7-22H2,1-6H3. The van der Waals surface area contributed by atoms with Gasteiger partial charge in [-0.05, 0) is 24.6 Å². The largest absolute Gasteiger partial charge is 0.463 e. The fourth-order valence-corrected chi connectivity index (χ4v) is 3.39. The van der Waals surface area contributed by atoms with Gasteiger partial charge in [-0.15, -0.1) is 0 Å². The second-order valence-electron chi connectivity index (χ2n) is 9.35. The average molecular weight is 495 g/mol. The van der Waals surface area contributed by atoms with Gasteiger partial charge in [-0.1, -0.05) is 40.5 Å². The zero-order valence-corrected chi connectivity index (χ0v) is 23.1. The molecule has 0 aromatic rings. The molecule has 33 heavy (non-hydrogen) atoms. The van der Waals surface area contributed by atoms with Crippen LogP contribution in [-0.2, 0) is 37.6 Å². The van der Waals surface area contributed by atoms with Gasteiger partial charge in [0.05, 0.1) is 72.7 Å². The lowest BCUT2D eigenvalue weighted by Crippen LogP contribution is -2.41. The third-order valence-corrected chi connectivity index (χ3v) is 10.00. The van der Waals surface area contributed by atoms with Crippen LogP contribution in [0.4, 0.5) is 0 Å². The molecule has 0 amide bonds. The number of carbonyl (C=O) groups excluding carboxylic acids is 1. The van der Waals surface area contributed by atoms with E-state index in [1.54, 1.807) is 0 Å². The van der Waals surface area contributed by atoms with Crippen molar-refractivity contribution in [1.82, 2.24) is 0 Å². The highest BCUT2D eigenvalue weighted by atomic mass is 28.4. The topological polar surface area (TPSA) is 81.7 Å². The maximum Gasteiger partial charge on any atom is 0.305 e. The molecule has 0 aliphatic rings. The predicted molar refractivity (Wildman–Crippen MR) is 132 cm³/mol. The maximum atomic E-state index is 11.4. The summed E-state index contributed by atoms with van der Waals surface area (Å²) in [5.74, 6) is -0.149. The quantitative estimate of drug-likeness (QED) is 0.119. The molecule has 0 heterocycles. The molecule has 0 fully saturated rings. The third-order valence-electron chi connectivity index (χ3n) is 5.46. The van der Waals surface area contributed by atoms with E-state index in [1.807, 2.05) is 0 Å². The molecule has 0 radical (unpaired) electrons. The summed E-state index contributed by atoms with van der Waals surface area (Å²) in [5.41, 5.74) is 0. The number of esters is 1. The first kappa shape index (κ1) is 32.4. The van der Waals surface area contributed by atoms with Crippen LogP contribution in [0.25, 0.3) is 0 Å². The number of ether oxygens (including phenoxy) is 6. The Hall–Kier alpha value is -0.553. The van der Waals surface area contributed by atoms with Gasteiger partial charge in [0.25, 0.3) is 0 Å². The second kappa shape index (κ2) is 20.8. The maximum absolute atomic E-state index is 11.4. The van der Waals surface area contributed by atoms with Gasteiger partial charge < -0.3 is 32.8 Å². The van der Waals surface area contributed by atoms with Crippen molar-refractivity contribution >= 4 is 14.3 Å². The Kier molecular flexibility index (Phi) is 20.4. The zero-order chi connectivity index (χ0) is 24.8. The second-order valence-corrected chi connectivity index (χ2v) is 14.2. The van der Waals surface area contributed by atoms with Crippen LogP contribution in [0, 0.1) is 0 Å². The minimum Gasteiger partial charge on any atom is -0.463 e. The zero-order valence-electron chi connectivity index (χ0n) is 22.1. The Morgan fingerprint density at radius 3 is 1.42 bits per heavy atom. The summed E-state index contributed by atoms with van der Waals surface area (Å²) in [5, 5.41) is 0.222. The Balaban J connectivity index is 3.22.